The maximum absolute atomic E-state index is 12.1. The number of carbonyl (C=O) groups excluding carboxylic acids is 1. The van der Waals surface area contributed by atoms with Crippen molar-refractivity contribution in [3.05, 3.63) is 35.4 Å². The predicted octanol–water partition coefficient (Wildman–Crippen LogP) is 2.90. The van der Waals surface area contributed by atoms with Gasteiger partial charge in [0.15, 0.2) is 0 Å². The standard InChI is InChI=1S/C20H31N3O2/c1-16-2-8-19(9-3-16)22-20(24)21-14-17-4-6-18(7-5-17)15-23-10-12-25-13-11-23/h4-7,16,19H,2-3,8-15H2,1H3,(H2,21,22,24). The third kappa shape index (κ3) is 6.01. The highest BCUT2D eigenvalue weighted by molar-refractivity contribution is 5.74. The number of hydrogen-bond acceptors (Lipinski definition) is 3. The molecule has 1 heterocycles. The molecular weight excluding hydrogens is 314 g/mol. The molecule has 1 aliphatic carbocycles. The molecule has 1 saturated heterocycles. The van der Waals surface area contributed by atoms with Crippen molar-refractivity contribution in [3.8, 4) is 0 Å². The minimum atomic E-state index is -0.0445. The molecule has 1 aromatic carbocycles. The summed E-state index contributed by atoms with van der Waals surface area (Å²) in [6, 6.07) is 8.83. The molecule has 5 nitrogen and oxygen atoms in total. The van der Waals surface area contributed by atoms with E-state index in [1.54, 1.807) is 0 Å². The molecule has 1 aliphatic heterocycles. The number of ether oxygens (including phenoxy) is 1. The Kier molecular flexibility index (Phi) is 6.70. The van der Waals surface area contributed by atoms with Gasteiger partial charge in [-0.05, 0) is 42.7 Å². The lowest BCUT2D eigenvalue weighted by Crippen LogP contribution is -2.43. The van der Waals surface area contributed by atoms with Crippen molar-refractivity contribution in [2.45, 2.75) is 51.7 Å². The average molecular weight is 345 g/mol. The van der Waals surface area contributed by atoms with Crippen molar-refractivity contribution in [1.29, 1.82) is 0 Å². The van der Waals surface area contributed by atoms with Crippen molar-refractivity contribution in [1.82, 2.24) is 15.5 Å². The maximum atomic E-state index is 12.1. The summed E-state index contributed by atoms with van der Waals surface area (Å²) < 4.78 is 5.38. The molecule has 1 aromatic rings. The second kappa shape index (κ2) is 9.20. The van der Waals surface area contributed by atoms with Crippen molar-refractivity contribution in [3.63, 3.8) is 0 Å². The fourth-order valence-electron chi connectivity index (χ4n) is 3.60. The van der Waals surface area contributed by atoms with E-state index in [0.717, 1.165) is 57.2 Å². The van der Waals surface area contributed by atoms with E-state index in [9.17, 15) is 4.79 Å². The molecule has 0 spiro atoms. The number of amides is 2. The van der Waals surface area contributed by atoms with Gasteiger partial charge < -0.3 is 15.4 Å². The van der Waals surface area contributed by atoms with Gasteiger partial charge >= 0.3 is 6.03 Å². The molecular formula is C20H31N3O2. The lowest BCUT2D eigenvalue weighted by Gasteiger charge is -2.27. The van der Waals surface area contributed by atoms with Gasteiger partial charge in [-0.3, -0.25) is 4.90 Å². The van der Waals surface area contributed by atoms with Gasteiger partial charge in [0, 0.05) is 32.2 Å². The van der Waals surface area contributed by atoms with Crippen molar-refractivity contribution in [2.24, 2.45) is 5.92 Å². The van der Waals surface area contributed by atoms with Crippen LogP contribution in [0.4, 0.5) is 4.79 Å². The van der Waals surface area contributed by atoms with Gasteiger partial charge in [0.1, 0.15) is 0 Å². The van der Waals surface area contributed by atoms with E-state index >= 15 is 0 Å². The summed E-state index contributed by atoms with van der Waals surface area (Å²) in [7, 11) is 0. The molecule has 0 radical (unpaired) electrons. The van der Waals surface area contributed by atoms with E-state index in [1.807, 2.05) is 0 Å². The summed E-state index contributed by atoms with van der Waals surface area (Å²) in [6.07, 6.45) is 4.64. The van der Waals surface area contributed by atoms with Crippen LogP contribution in [0.25, 0.3) is 0 Å². The van der Waals surface area contributed by atoms with E-state index in [1.165, 1.54) is 18.4 Å². The Labute approximate surface area is 151 Å². The summed E-state index contributed by atoms with van der Waals surface area (Å²) in [6.45, 7) is 7.50. The molecule has 0 atom stereocenters. The van der Waals surface area contributed by atoms with Crippen molar-refractivity contribution < 1.29 is 9.53 Å². The highest BCUT2D eigenvalue weighted by Crippen LogP contribution is 2.23. The van der Waals surface area contributed by atoms with Gasteiger partial charge in [-0.2, -0.15) is 0 Å². The van der Waals surface area contributed by atoms with Gasteiger partial charge in [-0.15, -0.1) is 0 Å². The third-order valence-electron chi connectivity index (χ3n) is 5.34. The molecule has 25 heavy (non-hydrogen) atoms. The summed E-state index contributed by atoms with van der Waals surface area (Å²) in [5, 5.41) is 6.09. The fraction of sp³-hybridized carbons (Fsp3) is 0.650. The van der Waals surface area contributed by atoms with Gasteiger partial charge in [0.05, 0.1) is 13.2 Å². The predicted molar refractivity (Wildman–Crippen MR) is 99.3 cm³/mol. The number of morpholine rings is 1. The highest BCUT2D eigenvalue weighted by atomic mass is 16.5. The normalized spacial score (nSPS) is 24.7. The van der Waals surface area contributed by atoms with Crippen LogP contribution in [0, 0.1) is 5.92 Å². The molecule has 0 bridgehead atoms. The number of hydrogen-bond donors (Lipinski definition) is 2. The SMILES string of the molecule is CC1CCC(NC(=O)NCc2ccc(CN3CCOCC3)cc2)CC1. The molecule has 2 amide bonds. The molecule has 3 rings (SSSR count). The minimum Gasteiger partial charge on any atom is -0.379 e. The number of carbonyl (C=O) groups is 1. The Morgan fingerprint density at radius 3 is 2.40 bits per heavy atom. The van der Waals surface area contributed by atoms with Crippen LogP contribution in [0.5, 0.6) is 0 Å². The molecule has 2 N–H and O–H groups in total. The zero-order valence-corrected chi connectivity index (χ0v) is 15.3. The van der Waals surface area contributed by atoms with Crippen LogP contribution >= 0.6 is 0 Å². The zero-order chi connectivity index (χ0) is 17.5. The first-order valence-electron chi connectivity index (χ1n) is 9.61. The first-order chi connectivity index (χ1) is 12.2. The minimum absolute atomic E-state index is 0.0445. The van der Waals surface area contributed by atoms with E-state index in [-0.39, 0.29) is 6.03 Å². The van der Waals surface area contributed by atoms with E-state index in [2.05, 4.69) is 46.7 Å². The monoisotopic (exact) mass is 345 g/mol. The van der Waals surface area contributed by atoms with Gasteiger partial charge in [-0.25, -0.2) is 4.79 Å². The first kappa shape index (κ1) is 18.2. The zero-order valence-electron chi connectivity index (χ0n) is 15.3. The molecule has 138 valence electrons. The smallest absolute Gasteiger partial charge is 0.315 e. The number of urea groups is 1. The number of nitrogens with zero attached hydrogens (tertiary/aromatic N) is 1. The van der Waals surface area contributed by atoms with Crippen molar-refractivity contribution in [2.75, 3.05) is 26.3 Å². The van der Waals surface area contributed by atoms with Crippen LogP contribution in [-0.2, 0) is 17.8 Å². The Balaban J connectivity index is 1.38. The molecule has 1 saturated carbocycles. The molecule has 2 aliphatic rings. The van der Waals surface area contributed by atoms with Crippen LogP contribution in [0.3, 0.4) is 0 Å². The van der Waals surface area contributed by atoms with E-state index < -0.39 is 0 Å². The quantitative estimate of drug-likeness (QED) is 0.863. The van der Waals surface area contributed by atoms with Crippen molar-refractivity contribution >= 4 is 6.03 Å². The van der Waals surface area contributed by atoms with Crippen LogP contribution in [-0.4, -0.2) is 43.3 Å². The fourth-order valence-corrected chi connectivity index (χ4v) is 3.60. The molecule has 0 aromatic heterocycles. The van der Waals surface area contributed by atoms with E-state index in [0.29, 0.717) is 12.6 Å². The van der Waals surface area contributed by atoms with Gasteiger partial charge in [0.2, 0.25) is 0 Å². The van der Waals surface area contributed by atoms with Crippen LogP contribution in [0.15, 0.2) is 24.3 Å². The Morgan fingerprint density at radius 2 is 1.72 bits per heavy atom. The molecule has 2 fully saturated rings. The van der Waals surface area contributed by atoms with Crippen LogP contribution in [0.2, 0.25) is 0 Å². The average Bonchev–Trinajstić information content (AvgIpc) is 2.64. The first-order valence-corrected chi connectivity index (χ1v) is 9.61. The number of nitrogens with one attached hydrogen (secondary N) is 2. The summed E-state index contributed by atoms with van der Waals surface area (Å²) >= 11 is 0. The lowest BCUT2D eigenvalue weighted by molar-refractivity contribution is 0.0342. The van der Waals surface area contributed by atoms with Crippen LogP contribution in [0.1, 0.15) is 43.7 Å². The Hall–Kier alpha value is -1.59. The number of rotatable bonds is 5. The van der Waals surface area contributed by atoms with Crippen LogP contribution < -0.4 is 10.6 Å². The summed E-state index contributed by atoms with van der Waals surface area (Å²) in [5.41, 5.74) is 2.45. The lowest BCUT2D eigenvalue weighted by atomic mass is 9.87. The Morgan fingerprint density at radius 1 is 1.08 bits per heavy atom. The van der Waals surface area contributed by atoms with Gasteiger partial charge in [-0.1, -0.05) is 31.2 Å². The topological polar surface area (TPSA) is 53.6 Å². The highest BCUT2D eigenvalue weighted by Gasteiger charge is 2.19. The Bertz CT molecular complexity index is 532. The number of benzene rings is 1. The molecule has 5 heteroatoms. The third-order valence-corrected chi connectivity index (χ3v) is 5.34. The maximum Gasteiger partial charge on any atom is 0.315 e. The summed E-state index contributed by atoms with van der Waals surface area (Å²) in [5.74, 6) is 0.803. The largest absolute Gasteiger partial charge is 0.379 e. The summed E-state index contributed by atoms with van der Waals surface area (Å²) in [4.78, 5) is 14.5. The van der Waals surface area contributed by atoms with E-state index in [4.69, 9.17) is 4.74 Å². The molecule has 0 unspecified atom stereocenters. The second-order valence-electron chi connectivity index (χ2n) is 7.49. The van der Waals surface area contributed by atoms with Gasteiger partial charge in [0.25, 0.3) is 0 Å². The second-order valence-corrected chi connectivity index (χ2v) is 7.49.